The van der Waals surface area contributed by atoms with Gasteiger partial charge >= 0.3 is 0 Å². The Morgan fingerprint density at radius 2 is 1.95 bits per heavy atom. The molecule has 0 radical (unpaired) electrons. The zero-order valence-electron chi connectivity index (χ0n) is 12.7. The minimum absolute atomic E-state index is 0.113. The first-order chi connectivity index (χ1) is 9.11. The molecule has 0 aromatic heterocycles. The number of nitrogens with one attached hydrogen (secondary N) is 1. The second-order valence-corrected chi connectivity index (χ2v) is 5.21. The van der Waals surface area contributed by atoms with Crippen molar-refractivity contribution in [3.63, 3.8) is 0 Å². The molecule has 1 rings (SSSR count). The maximum absolute atomic E-state index is 14.2. The highest BCUT2D eigenvalue weighted by atomic mass is 19.1. The summed E-state index contributed by atoms with van der Waals surface area (Å²) in [4.78, 5) is 2.16. The number of para-hydroxylation sites is 1. The summed E-state index contributed by atoms with van der Waals surface area (Å²) in [5.74, 6) is -0.113. The number of nitrogens with zero attached hydrogens (tertiary/aromatic N) is 1. The topological polar surface area (TPSA) is 15.3 Å². The molecule has 0 aliphatic heterocycles. The van der Waals surface area contributed by atoms with Gasteiger partial charge in [0, 0.05) is 19.1 Å². The molecule has 0 heterocycles. The number of rotatable bonds is 8. The summed E-state index contributed by atoms with van der Waals surface area (Å²) in [6.07, 6.45) is 2.11. The van der Waals surface area contributed by atoms with Crippen LogP contribution in [0.5, 0.6) is 0 Å². The molecule has 0 saturated carbocycles. The second kappa shape index (κ2) is 8.16. The van der Waals surface area contributed by atoms with Crippen LogP contribution in [0.1, 0.15) is 46.1 Å². The van der Waals surface area contributed by atoms with Crippen molar-refractivity contribution >= 4 is 5.69 Å². The van der Waals surface area contributed by atoms with E-state index in [0.717, 1.165) is 43.7 Å². The van der Waals surface area contributed by atoms with E-state index in [1.807, 2.05) is 6.07 Å². The highest BCUT2D eigenvalue weighted by Gasteiger charge is 2.17. The summed E-state index contributed by atoms with van der Waals surface area (Å²) in [5.41, 5.74) is 1.82. The predicted octanol–water partition coefficient (Wildman–Crippen LogP) is 3.95. The number of hydrogen-bond acceptors (Lipinski definition) is 2. The quantitative estimate of drug-likeness (QED) is 0.717. The molecule has 0 amide bonds. The van der Waals surface area contributed by atoms with Crippen LogP contribution in [0.15, 0.2) is 18.2 Å². The fourth-order valence-electron chi connectivity index (χ4n) is 2.29. The molecule has 1 aromatic rings. The van der Waals surface area contributed by atoms with Gasteiger partial charge in [0.05, 0.1) is 5.69 Å². The Labute approximate surface area is 117 Å². The van der Waals surface area contributed by atoms with Gasteiger partial charge in [-0.05, 0) is 44.9 Å². The zero-order valence-corrected chi connectivity index (χ0v) is 12.7. The lowest BCUT2D eigenvalue weighted by Gasteiger charge is -2.31. The number of anilines is 1. The van der Waals surface area contributed by atoms with E-state index in [2.05, 4.69) is 37.9 Å². The fraction of sp³-hybridized carbons (Fsp3) is 0.625. The third-order valence-corrected chi connectivity index (χ3v) is 3.19. The molecule has 0 unspecified atom stereocenters. The largest absolute Gasteiger partial charge is 0.366 e. The highest BCUT2D eigenvalue weighted by Crippen LogP contribution is 2.26. The Hall–Kier alpha value is -1.09. The molecule has 0 aliphatic rings. The van der Waals surface area contributed by atoms with Gasteiger partial charge in [-0.2, -0.15) is 0 Å². The Balaban J connectivity index is 3.00. The Kier molecular flexibility index (Phi) is 6.85. The molecule has 19 heavy (non-hydrogen) atoms. The summed E-state index contributed by atoms with van der Waals surface area (Å²) < 4.78 is 14.2. The Morgan fingerprint density at radius 3 is 2.53 bits per heavy atom. The molecule has 0 spiro atoms. The molecule has 1 aromatic carbocycles. The van der Waals surface area contributed by atoms with Gasteiger partial charge < -0.3 is 10.2 Å². The van der Waals surface area contributed by atoms with Crippen molar-refractivity contribution in [1.29, 1.82) is 0 Å². The average molecular weight is 266 g/mol. The first kappa shape index (κ1) is 16.0. The lowest BCUT2D eigenvalue weighted by molar-refractivity contribution is 0.587. The predicted molar refractivity (Wildman–Crippen MR) is 81.2 cm³/mol. The molecule has 0 atom stereocenters. The number of benzene rings is 1. The summed E-state index contributed by atoms with van der Waals surface area (Å²) in [6, 6.07) is 5.68. The van der Waals surface area contributed by atoms with Crippen LogP contribution < -0.4 is 10.2 Å². The van der Waals surface area contributed by atoms with E-state index in [1.54, 1.807) is 12.1 Å². The maximum Gasteiger partial charge on any atom is 0.146 e. The average Bonchev–Trinajstić information content (AvgIpc) is 2.37. The third kappa shape index (κ3) is 4.50. The molecule has 0 saturated heterocycles. The highest BCUT2D eigenvalue weighted by molar-refractivity contribution is 5.55. The van der Waals surface area contributed by atoms with E-state index in [9.17, 15) is 4.39 Å². The number of halogens is 1. The van der Waals surface area contributed by atoms with E-state index in [1.165, 1.54) is 0 Å². The van der Waals surface area contributed by atoms with E-state index in [0.29, 0.717) is 6.04 Å². The first-order valence-electron chi connectivity index (χ1n) is 7.36. The molecule has 108 valence electrons. The van der Waals surface area contributed by atoms with Crippen LogP contribution in [0.3, 0.4) is 0 Å². The van der Waals surface area contributed by atoms with Crippen molar-refractivity contribution in [2.24, 2.45) is 0 Å². The van der Waals surface area contributed by atoms with Gasteiger partial charge in [0.15, 0.2) is 0 Å². The van der Waals surface area contributed by atoms with Crippen LogP contribution in [0.2, 0.25) is 0 Å². The minimum atomic E-state index is -0.113. The third-order valence-electron chi connectivity index (χ3n) is 3.19. The van der Waals surface area contributed by atoms with Crippen LogP contribution in [0.25, 0.3) is 0 Å². The monoisotopic (exact) mass is 266 g/mol. The zero-order chi connectivity index (χ0) is 14.3. The van der Waals surface area contributed by atoms with Gasteiger partial charge in [-0.1, -0.05) is 26.0 Å². The smallest absolute Gasteiger partial charge is 0.146 e. The van der Waals surface area contributed by atoms with Crippen molar-refractivity contribution in [3.8, 4) is 0 Å². The van der Waals surface area contributed by atoms with E-state index < -0.39 is 0 Å². The molecule has 3 heteroatoms. The first-order valence-corrected chi connectivity index (χ1v) is 7.36. The van der Waals surface area contributed by atoms with Gasteiger partial charge in [0.1, 0.15) is 5.82 Å². The molecule has 0 aliphatic carbocycles. The second-order valence-electron chi connectivity index (χ2n) is 5.21. The van der Waals surface area contributed by atoms with Gasteiger partial charge in [0.2, 0.25) is 0 Å². The standard InChI is InChI=1S/C16H27FN2/c1-5-10-18-12-14-8-7-9-15(17)16(14)19(11-6-2)13(3)4/h7-9,13,18H,5-6,10-12H2,1-4H3. The summed E-state index contributed by atoms with van der Waals surface area (Å²) in [7, 11) is 0. The van der Waals surface area contributed by atoms with Crippen molar-refractivity contribution in [2.45, 2.75) is 53.1 Å². The lowest BCUT2D eigenvalue weighted by Crippen LogP contribution is -2.33. The van der Waals surface area contributed by atoms with Crippen LogP contribution in [-0.4, -0.2) is 19.1 Å². The van der Waals surface area contributed by atoms with Crippen LogP contribution in [0.4, 0.5) is 10.1 Å². The molecular weight excluding hydrogens is 239 g/mol. The van der Waals surface area contributed by atoms with E-state index >= 15 is 0 Å². The van der Waals surface area contributed by atoms with Gasteiger partial charge in [-0.3, -0.25) is 0 Å². The molecule has 0 bridgehead atoms. The van der Waals surface area contributed by atoms with Crippen molar-refractivity contribution < 1.29 is 4.39 Å². The normalized spacial score (nSPS) is 11.1. The van der Waals surface area contributed by atoms with Crippen LogP contribution >= 0.6 is 0 Å². The van der Waals surface area contributed by atoms with E-state index in [-0.39, 0.29) is 5.82 Å². The van der Waals surface area contributed by atoms with Gasteiger partial charge in [-0.15, -0.1) is 0 Å². The Bertz CT molecular complexity index is 377. The van der Waals surface area contributed by atoms with Gasteiger partial charge in [0.25, 0.3) is 0 Å². The minimum Gasteiger partial charge on any atom is -0.366 e. The van der Waals surface area contributed by atoms with E-state index in [4.69, 9.17) is 0 Å². The maximum atomic E-state index is 14.2. The molecule has 2 nitrogen and oxygen atoms in total. The van der Waals surface area contributed by atoms with Crippen molar-refractivity contribution in [1.82, 2.24) is 5.32 Å². The fourth-order valence-corrected chi connectivity index (χ4v) is 2.29. The van der Waals surface area contributed by atoms with Crippen LogP contribution in [0, 0.1) is 5.82 Å². The molecule has 0 fully saturated rings. The van der Waals surface area contributed by atoms with Crippen molar-refractivity contribution in [2.75, 3.05) is 18.0 Å². The summed E-state index contributed by atoms with van der Waals surface area (Å²) in [6.45, 7) is 11.1. The Morgan fingerprint density at radius 1 is 1.21 bits per heavy atom. The summed E-state index contributed by atoms with van der Waals surface area (Å²) >= 11 is 0. The van der Waals surface area contributed by atoms with Crippen LogP contribution in [-0.2, 0) is 6.54 Å². The lowest BCUT2D eigenvalue weighted by atomic mass is 10.1. The SMILES string of the molecule is CCCNCc1cccc(F)c1N(CCC)C(C)C. The van der Waals surface area contributed by atoms with Gasteiger partial charge in [-0.25, -0.2) is 4.39 Å². The number of hydrogen-bond donors (Lipinski definition) is 1. The molecule has 1 N–H and O–H groups in total. The van der Waals surface area contributed by atoms with Crippen molar-refractivity contribution in [3.05, 3.63) is 29.6 Å². The summed E-state index contributed by atoms with van der Waals surface area (Å²) in [5, 5.41) is 3.36. The molecular formula is C16H27FN2.